The van der Waals surface area contributed by atoms with E-state index in [1.165, 1.54) is 18.2 Å². The zero-order chi connectivity index (χ0) is 18.9. The highest BCUT2D eigenvalue weighted by Gasteiger charge is 2.49. The standard InChI is InChI=1S/C18H22N4O4/c1-18(13-7-6-11-4-3-5-12(11)10-13)15(24)22(17(26)21-18)9-8-14(23)20-16(25)19-2/h6-7,10H,3-5,8-9H2,1-2H3,(H,21,26)(H2,19,20,23,25)/t18-/m1/s1. The molecule has 6 amide bonds. The highest BCUT2D eigenvalue weighted by molar-refractivity contribution is 6.07. The maximum atomic E-state index is 12.9. The second-order valence-electron chi connectivity index (χ2n) is 6.73. The van der Waals surface area contributed by atoms with Gasteiger partial charge in [-0.15, -0.1) is 0 Å². The number of amides is 6. The first-order chi connectivity index (χ1) is 12.3. The van der Waals surface area contributed by atoms with Crippen molar-refractivity contribution in [2.24, 2.45) is 0 Å². The van der Waals surface area contributed by atoms with Crippen molar-refractivity contribution in [3.63, 3.8) is 0 Å². The SMILES string of the molecule is CNC(=O)NC(=O)CCN1C(=O)N[C@](C)(c2ccc3c(c2)CCC3)C1=O. The van der Waals surface area contributed by atoms with Crippen LogP contribution in [0, 0.1) is 0 Å². The smallest absolute Gasteiger partial charge is 0.325 e. The van der Waals surface area contributed by atoms with Crippen LogP contribution < -0.4 is 16.0 Å². The molecule has 1 fully saturated rings. The highest BCUT2D eigenvalue weighted by atomic mass is 16.2. The number of hydrogen-bond acceptors (Lipinski definition) is 4. The summed E-state index contributed by atoms with van der Waals surface area (Å²) in [6.45, 7) is 1.59. The van der Waals surface area contributed by atoms with Gasteiger partial charge in [0.1, 0.15) is 5.54 Å². The van der Waals surface area contributed by atoms with Crippen molar-refractivity contribution in [2.45, 2.75) is 38.1 Å². The summed E-state index contributed by atoms with van der Waals surface area (Å²) >= 11 is 0. The van der Waals surface area contributed by atoms with Gasteiger partial charge in [0.15, 0.2) is 0 Å². The van der Waals surface area contributed by atoms with E-state index in [0.717, 1.165) is 29.7 Å². The second-order valence-corrected chi connectivity index (χ2v) is 6.73. The van der Waals surface area contributed by atoms with Gasteiger partial charge in [0.25, 0.3) is 5.91 Å². The Labute approximate surface area is 151 Å². The quantitative estimate of drug-likeness (QED) is 0.692. The van der Waals surface area contributed by atoms with Crippen molar-refractivity contribution in [1.82, 2.24) is 20.9 Å². The number of aryl methyl sites for hydroxylation is 2. The van der Waals surface area contributed by atoms with Gasteiger partial charge in [-0.1, -0.05) is 18.2 Å². The molecule has 0 radical (unpaired) electrons. The van der Waals surface area contributed by atoms with Gasteiger partial charge in [0.05, 0.1) is 0 Å². The van der Waals surface area contributed by atoms with E-state index in [1.807, 2.05) is 18.2 Å². The van der Waals surface area contributed by atoms with E-state index in [9.17, 15) is 19.2 Å². The van der Waals surface area contributed by atoms with Crippen molar-refractivity contribution in [1.29, 1.82) is 0 Å². The predicted molar refractivity (Wildman–Crippen MR) is 93.3 cm³/mol. The molecule has 1 heterocycles. The Balaban J connectivity index is 1.72. The summed E-state index contributed by atoms with van der Waals surface area (Å²) in [6, 6.07) is 4.72. The third kappa shape index (κ3) is 3.14. The van der Waals surface area contributed by atoms with Crippen molar-refractivity contribution in [2.75, 3.05) is 13.6 Å². The maximum Gasteiger partial charge on any atom is 0.325 e. The first kappa shape index (κ1) is 17.9. The molecule has 0 spiro atoms. The summed E-state index contributed by atoms with van der Waals surface area (Å²) in [5.41, 5.74) is 2.10. The summed E-state index contributed by atoms with van der Waals surface area (Å²) < 4.78 is 0. The lowest BCUT2D eigenvalue weighted by molar-refractivity contribution is -0.131. The summed E-state index contributed by atoms with van der Waals surface area (Å²) in [5, 5.41) is 7.11. The Morgan fingerprint density at radius 2 is 1.96 bits per heavy atom. The summed E-state index contributed by atoms with van der Waals surface area (Å²) in [5.74, 6) is -0.954. The zero-order valence-electron chi connectivity index (χ0n) is 14.8. The molecule has 1 aliphatic heterocycles. The topological polar surface area (TPSA) is 108 Å². The fraction of sp³-hybridized carbons (Fsp3) is 0.444. The van der Waals surface area contributed by atoms with Gasteiger partial charge < -0.3 is 10.6 Å². The van der Waals surface area contributed by atoms with Gasteiger partial charge >= 0.3 is 12.1 Å². The Bertz CT molecular complexity index is 791. The average Bonchev–Trinajstić information content (AvgIpc) is 3.16. The van der Waals surface area contributed by atoms with E-state index in [-0.39, 0.29) is 13.0 Å². The van der Waals surface area contributed by atoms with Crippen molar-refractivity contribution in [3.8, 4) is 0 Å². The molecule has 1 atom stereocenters. The minimum atomic E-state index is -1.15. The summed E-state index contributed by atoms with van der Waals surface area (Å²) in [4.78, 5) is 49.0. The Kier molecular flexibility index (Phi) is 4.67. The predicted octanol–water partition coefficient (Wildman–Crippen LogP) is 0.788. The fourth-order valence-electron chi connectivity index (χ4n) is 3.44. The number of urea groups is 2. The first-order valence-corrected chi connectivity index (χ1v) is 8.63. The number of rotatable bonds is 4. The van der Waals surface area contributed by atoms with Crippen molar-refractivity contribution in [3.05, 3.63) is 34.9 Å². The summed E-state index contributed by atoms with van der Waals surface area (Å²) in [6.07, 6.45) is 2.97. The molecule has 26 heavy (non-hydrogen) atoms. The van der Waals surface area contributed by atoms with Gasteiger partial charge in [0.2, 0.25) is 5.91 Å². The van der Waals surface area contributed by atoms with E-state index >= 15 is 0 Å². The molecule has 1 aromatic carbocycles. The van der Waals surface area contributed by atoms with Crippen molar-refractivity contribution >= 4 is 23.9 Å². The van der Waals surface area contributed by atoms with Gasteiger partial charge in [0, 0.05) is 20.0 Å². The fourth-order valence-corrected chi connectivity index (χ4v) is 3.44. The van der Waals surface area contributed by atoms with Crippen LogP contribution >= 0.6 is 0 Å². The lowest BCUT2D eigenvalue weighted by atomic mass is 9.89. The number of carbonyl (C=O) groups is 4. The number of hydrogen-bond donors (Lipinski definition) is 3. The number of benzene rings is 1. The lowest BCUT2D eigenvalue weighted by Crippen LogP contribution is -2.42. The molecule has 0 bridgehead atoms. The van der Waals surface area contributed by atoms with Gasteiger partial charge in [-0.2, -0.15) is 0 Å². The van der Waals surface area contributed by atoms with Crippen LogP contribution in [0.3, 0.4) is 0 Å². The van der Waals surface area contributed by atoms with E-state index < -0.39 is 29.4 Å². The third-order valence-corrected chi connectivity index (χ3v) is 4.99. The maximum absolute atomic E-state index is 12.9. The Hall–Kier alpha value is -2.90. The molecular formula is C18H22N4O4. The molecule has 1 aliphatic carbocycles. The van der Waals surface area contributed by atoms with Crippen LogP contribution in [0.1, 0.15) is 36.5 Å². The Morgan fingerprint density at radius 1 is 1.23 bits per heavy atom. The number of fused-ring (bicyclic) bond motifs is 1. The molecule has 0 saturated carbocycles. The van der Waals surface area contributed by atoms with E-state index in [1.54, 1.807) is 6.92 Å². The van der Waals surface area contributed by atoms with Crippen LogP contribution in [-0.4, -0.2) is 42.4 Å². The minimum absolute atomic E-state index is 0.0893. The van der Waals surface area contributed by atoms with Crippen LogP contribution in [0.4, 0.5) is 9.59 Å². The average molecular weight is 358 g/mol. The normalized spacial score (nSPS) is 21.4. The number of nitrogens with one attached hydrogen (secondary N) is 3. The largest absolute Gasteiger partial charge is 0.341 e. The lowest BCUT2D eigenvalue weighted by Gasteiger charge is -2.23. The molecule has 1 saturated heterocycles. The van der Waals surface area contributed by atoms with Crippen LogP contribution in [-0.2, 0) is 28.0 Å². The number of carbonyl (C=O) groups excluding carboxylic acids is 4. The van der Waals surface area contributed by atoms with Gasteiger partial charge in [-0.25, -0.2) is 9.59 Å². The molecule has 0 unspecified atom stereocenters. The third-order valence-electron chi connectivity index (χ3n) is 4.99. The van der Waals surface area contributed by atoms with Crippen LogP contribution in [0.25, 0.3) is 0 Å². The van der Waals surface area contributed by atoms with Crippen LogP contribution in [0.2, 0.25) is 0 Å². The van der Waals surface area contributed by atoms with Crippen LogP contribution in [0.5, 0.6) is 0 Å². The number of nitrogens with zero attached hydrogens (tertiary/aromatic N) is 1. The minimum Gasteiger partial charge on any atom is -0.341 e. The van der Waals surface area contributed by atoms with Gasteiger partial charge in [-0.05, 0) is 42.9 Å². The zero-order valence-corrected chi connectivity index (χ0v) is 14.8. The highest BCUT2D eigenvalue weighted by Crippen LogP contribution is 2.32. The molecule has 2 aliphatic rings. The molecule has 0 aromatic heterocycles. The molecular weight excluding hydrogens is 336 g/mol. The van der Waals surface area contributed by atoms with E-state index in [4.69, 9.17) is 0 Å². The van der Waals surface area contributed by atoms with E-state index in [0.29, 0.717) is 0 Å². The molecule has 8 nitrogen and oxygen atoms in total. The van der Waals surface area contributed by atoms with Crippen molar-refractivity contribution < 1.29 is 19.2 Å². The molecule has 138 valence electrons. The van der Waals surface area contributed by atoms with E-state index in [2.05, 4.69) is 16.0 Å². The van der Waals surface area contributed by atoms with Gasteiger partial charge in [-0.3, -0.25) is 19.8 Å². The molecule has 8 heteroatoms. The first-order valence-electron chi connectivity index (χ1n) is 8.63. The van der Waals surface area contributed by atoms with Crippen LogP contribution in [0.15, 0.2) is 18.2 Å². The summed E-state index contributed by atoms with van der Waals surface area (Å²) in [7, 11) is 1.39. The monoisotopic (exact) mass is 358 g/mol. The molecule has 3 N–H and O–H groups in total. The molecule has 1 aromatic rings. The Morgan fingerprint density at radius 3 is 2.69 bits per heavy atom. The number of imide groups is 2. The molecule has 3 rings (SSSR count). The second kappa shape index (κ2) is 6.78.